The third-order valence-corrected chi connectivity index (χ3v) is 6.99. The molecule has 0 heterocycles. The zero-order valence-electron chi connectivity index (χ0n) is 21.8. The first-order valence-corrected chi connectivity index (χ1v) is 13.1. The smallest absolute Gasteiger partial charge is 0.261 e. The monoisotopic (exact) mass is 540 g/mol. The predicted molar refractivity (Wildman–Crippen MR) is 150 cm³/mol. The van der Waals surface area contributed by atoms with Crippen LogP contribution in [-0.2, 0) is 22.6 Å². The number of benzene rings is 3. The van der Waals surface area contributed by atoms with Crippen molar-refractivity contribution in [1.82, 2.24) is 10.2 Å². The van der Waals surface area contributed by atoms with E-state index < -0.39 is 6.04 Å². The molecule has 0 unspecified atom stereocenters. The Morgan fingerprint density at radius 3 is 2.19 bits per heavy atom. The molecule has 0 aliphatic heterocycles. The van der Waals surface area contributed by atoms with Crippen LogP contribution >= 0.6 is 23.2 Å². The molecule has 1 atom stereocenters. The first-order valence-electron chi connectivity index (χ1n) is 12.4. The Bertz CT molecular complexity index is 1190. The Kier molecular flexibility index (Phi) is 10.4. The van der Waals surface area contributed by atoms with Crippen molar-refractivity contribution in [3.63, 3.8) is 0 Å². The summed E-state index contributed by atoms with van der Waals surface area (Å²) < 4.78 is 5.90. The Hall–Kier alpha value is -3.02. The van der Waals surface area contributed by atoms with Crippen molar-refractivity contribution in [2.45, 2.75) is 46.7 Å². The average molecular weight is 542 g/mol. The number of hydrogen-bond acceptors (Lipinski definition) is 3. The topological polar surface area (TPSA) is 58.6 Å². The second-order valence-electron chi connectivity index (χ2n) is 9.62. The van der Waals surface area contributed by atoms with Gasteiger partial charge in [0, 0.05) is 29.6 Å². The predicted octanol–water partition coefficient (Wildman–Crippen LogP) is 6.40. The van der Waals surface area contributed by atoms with E-state index in [9.17, 15) is 9.59 Å². The number of halogens is 2. The summed E-state index contributed by atoms with van der Waals surface area (Å²) in [5.41, 5.74) is 3.44. The summed E-state index contributed by atoms with van der Waals surface area (Å²) in [6.07, 6.45) is 0.361. The first-order chi connectivity index (χ1) is 17.7. The van der Waals surface area contributed by atoms with Crippen LogP contribution in [0.2, 0.25) is 10.0 Å². The molecule has 0 radical (unpaired) electrons. The van der Waals surface area contributed by atoms with Crippen molar-refractivity contribution in [2.24, 2.45) is 5.92 Å². The van der Waals surface area contributed by atoms with Crippen molar-refractivity contribution in [3.8, 4) is 5.75 Å². The highest BCUT2D eigenvalue weighted by molar-refractivity contribution is 6.32. The molecular formula is C30H34Cl2N2O3. The fourth-order valence-corrected chi connectivity index (χ4v) is 4.31. The van der Waals surface area contributed by atoms with Crippen molar-refractivity contribution < 1.29 is 14.3 Å². The van der Waals surface area contributed by atoms with Crippen LogP contribution in [0.1, 0.15) is 36.1 Å². The van der Waals surface area contributed by atoms with Gasteiger partial charge >= 0.3 is 0 Å². The van der Waals surface area contributed by atoms with Crippen molar-refractivity contribution >= 4 is 35.0 Å². The number of aryl methyl sites for hydroxylation is 2. The lowest BCUT2D eigenvalue weighted by molar-refractivity contribution is -0.142. The molecule has 0 bridgehead atoms. The number of rotatable bonds is 11. The molecule has 3 aromatic rings. The van der Waals surface area contributed by atoms with E-state index in [0.29, 0.717) is 28.8 Å². The summed E-state index contributed by atoms with van der Waals surface area (Å²) in [5, 5.41) is 4.22. The molecule has 37 heavy (non-hydrogen) atoms. The van der Waals surface area contributed by atoms with Crippen LogP contribution < -0.4 is 10.1 Å². The van der Waals surface area contributed by atoms with Gasteiger partial charge in [-0.3, -0.25) is 9.59 Å². The van der Waals surface area contributed by atoms with Crippen LogP contribution in [0.5, 0.6) is 5.75 Å². The quantitative estimate of drug-likeness (QED) is 0.306. The van der Waals surface area contributed by atoms with E-state index in [4.69, 9.17) is 27.9 Å². The van der Waals surface area contributed by atoms with Crippen LogP contribution in [0.15, 0.2) is 66.7 Å². The number of amides is 2. The molecule has 0 saturated heterocycles. The fourth-order valence-electron chi connectivity index (χ4n) is 4.00. The van der Waals surface area contributed by atoms with Gasteiger partial charge in [-0.05, 0) is 60.2 Å². The average Bonchev–Trinajstić information content (AvgIpc) is 2.88. The minimum atomic E-state index is -0.748. The lowest BCUT2D eigenvalue weighted by Crippen LogP contribution is -2.52. The normalized spacial score (nSPS) is 11.8. The molecule has 0 aliphatic carbocycles. The van der Waals surface area contributed by atoms with Crippen LogP contribution in [0, 0.1) is 19.8 Å². The molecule has 0 spiro atoms. The molecule has 0 aliphatic rings. The third-order valence-electron chi connectivity index (χ3n) is 6.03. The maximum atomic E-state index is 13.7. The van der Waals surface area contributed by atoms with Crippen LogP contribution in [0.25, 0.3) is 0 Å². The highest BCUT2D eigenvalue weighted by atomic mass is 35.5. The molecule has 5 nitrogen and oxygen atoms in total. The maximum absolute atomic E-state index is 13.7. The van der Waals surface area contributed by atoms with E-state index >= 15 is 0 Å². The van der Waals surface area contributed by atoms with Gasteiger partial charge in [0.1, 0.15) is 11.8 Å². The lowest BCUT2D eigenvalue weighted by Gasteiger charge is -2.32. The summed E-state index contributed by atoms with van der Waals surface area (Å²) in [7, 11) is 0. The molecule has 0 saturated carbocycles. The largest absolute Gasteiger partial charge is 0.484 e. The standard InChI is InChI=1S/C30H34Cl2N2O3/c1-20(2)17-33-30(36)27(16-23-10-6-5-7-11-23)34(18-24-12-8-9-13-26(24)31)28(35)19-37-25-14-21(3)29(32)22(4)15-25/h5-15,20,27H,16-19H2,1-4H3,(H,33,36)/t27-/m1/s1. The minimum absolute atomic E-state index is 0.174. The molecule has 7 heteroatoms. The van der Waals surface area contributed by atoms with Crippen molar-refractivity contribution in [3.05, 3.63) is 99.0 Å². The first kappa shape index (κ1) is 28.5. The lowest BCUT2D eigenvalue weighted by atomic mass is 10.0. The number of nitrogens with zero attached hydrogens (tertiary/aromatic N) is 1. The zero-order valence-corrected chi connectivity index (χ0v) is 23.3. The number of carbonyl (C=O) groups excluding carboxylic acids is 2. The second-order valence-corrected chi connectivity index (χ2v) is 10.4. The highest BCUT2D eigenvalue weighted by Gasteiger charge is 2.31. The Morgan fingerprint density at radius 1 is 0.946 bits per heavy atom. The van der Waals surface area contributed by atoms with Gasteiger partial charge in [0.2, 0.25) is 5.91 Å². The SMILES string of the molecule is Cc1cc(OCC(=O)N(Cc2ccccc2Cl)[C@H](Cc2ccccc2)C(=O)NCC(C)C)cc(C)c1Cl. The van der Waals surface area contributed by atoms with E-state index in [0.717, 1.165) is 22.3 Å². The van der Waals surface area contributed by atoms with E-state index in [2.05, 4.69) is 5.32 Å². The van der Waals surface area contributed by atoms with Gasteiger partial charge in [-0.15, -0.1) is 0 Å². The van der Waals surface area contributed by atoms with Crippen LogP contribution in [-0.4, -0.2) is 35.9 Å². The Morgan fingerprint density at radius 2 is 1.57 bits per heavy atom. The number of nitrogens with one attached hydrogen (secondary N) is 1. The van der Waals surface area contributed by atoms with Gasteiger partial charge < -0.3 is 15.0 Å². The molecule has 0 fully saturated rings. The molecule has 0 aromatic heterocycles. The summed E-state index contributed by atoms with van der Waals surface area (Å²) in [6.45, 7) is 8.30. The summed E-state index contributed by atoms with van der Waals surface area (Å²) in [4.78, 5) is 28.7. The summed E-state index contributed by atoms with van der Waals surface area (Å²) in [6, 6.07) is 19.9. The Balaban J connectivity index is 1.92. The summed E-state index contributed by atoms with van der Waals surface area (Å²) >= 11 is 12.7. The fraction of sp³-hybridized carbons (Fsp3) is 0.333. The van der Waals surface area contributed by atoms with Crippen molar-refractivity contribution in [2.75, 3.05) is 13.2 Å². The molecule has 2 amide bonds. The van der Waals surface area contributed by atoms with E-state index in [1.807, 2.05) is 76.2 Å². The molecule has 1 N–H and O–H groups in total. The van der Waals surface area contributed by atoms with E-state index in [-0.39, 0.29) is 30.9 Å². The van der Waals surface area contributed by atoms with Crippen LogP contribution in [0.3, 0.4) is 0 Å². The second kappa shape index (κ2) is 13.5. The van der Waals surface area contributed by atoms with Gasteiger partial charge in [0.05, 0.1) is 0 Å². The third kappa shape index (κ3) is 8.24. The summed E-state index contributed by atoms with van der Waals surface area (Å²) in [5.74, 6) is 0.296. The molecule has 3 aromatic carbocycles. The van der Waals surface area contributed by atoms with Gasteiger partial charge in [0.15, 0.2) is 6.61 Å². The highest BCUT2D eigenvalue weighted by Crippen LogP contribution is 2.26. The number of hydrogen-bond donors (Lipinski definition) is 1. The molecule has 196 valence electrons. The van der Waals surface area contributed by atoms with Crippen molar-refractivity contribution in [1.29, 1.82) is 0 Å². The number of carbonyl (C=O) groups is 2. The van der Waals surface area contributed by atoms with Gasteiger partial charge in [0.25, 0.3) is 5.91 Å². The molecular weight excluding hydrogens is 507 g/mol. The number of ether oxygens (including phenoxy) is 1. The van der Waals surface area contributed by atoms with Gasteiger partial charge in [-0.2, -0.15) is 0 Å². The van der Waals surface area contributed by atoms with Gasteiger partial charge in [-0.25, -0.2) is 0 Å². The Labute approximate surface area is 229 Å². The molecule has 3 rings (SSSR count). The van der Waals surface area contributed by atoms with E-state index in [1.54, 1.807) is 23.1 Å². The maximum Gasteiger partial charge on any atom is 0.261 e. The van der Waals surface area contributed by atoms with E-state index in [1.165, 1.54) is 0 Å². The minimum Gasteiger partial charge on any atom is -0.484 e. The van der Waals surface area contributed by atoms with Gasteiger partial charge in [-0.1, -0.05) is 85.6 Å². The van der Waals surface area contributed by atoms with Crippen LogP contribution in [0.4, 0.5) is 0 Å². The zero-order chi connectivity index (χ0) is 26.9.